The van der Waals surface area contributed by atoms with Crippen molar-refractivity contribution in [2.45, 2.75) is 6.42 Å². The lowest BCUT2D eigenvalue weighted by molar-refractivity contribution is 0.291. The molecule has 6 nitrogen and oxygen atoms in total. The maximum atomic E-state index is 9.37. The Morgan fingerprint density at radius 3 is 2.70 bits per heavy atom. The maximum absolute atomic E-state index is 9.37. The van der Waals surface area contributed by atoms with Crippen LogP contribution in [0.2, 0.25) is 0 Å². The van der Waals surface area contributed by atoms with Gasteiger partial charge in [0, 0.05) is 28.4 Å². The second-order valence-electron chi connectivity index (χ2n) is 5.54. The number of nitriles is 1. The smallest absolute Gasteiger partial charge is 0.119 e. The van der Waals surface area contributed by atoms with Crippen LogP contribution in [-0.2, 0) is 0 Å². The summed E-state index contributed by atoms with van der Waals surface area (Å²) in [5.74, 6) is 0.724. The van der Waals surface area contributed by atoms with Gasteiger partial charge in [-0.15, -0.1) is 0 Å². The Bertz CT molecular complexity index is 939. The van der Waals surface area contributed by atoms with E-state index >= 15 is 0 Å². The summed E-state index contributed by atoms with van der Waals surface area (Å²) < 4.78 is 6.24. The molecule has 27 heavy (non-hydrogen) atoms. The number of nitrogens with two attached hydrogens (primary N) is 1. The highest BCUT2D eigenvalue weighted by Crippen LogP contribution is 2.31. The summed E-state index contributed by atoms with van der Waals surface area (Å²) in [7, 11) is 1.62. The molecule has 0 aliphatic rings. The predicted octanol–water partition coefficient (Wildman–Crippen LogP) is 3.95. The second kappa shape index (κ2) is 10.5. The van der Waals surface area contributed by atoms with Crippen molar-refractivity contribution in [2.75, 3.05) is 25.6 Å². The van der Waals surface area contributed by atoms with Gasteiger partial charge in [-0.05, 0) is 49.4 Å². The number of benzene rings is 2. The molecule has 1 aromatic heterocycles. The predicted molar refractivity (Wildman–Crippen MR) is 111 cm³/mol. The molecule has 0 radical (unpaired) electrons. The molecule has 1 heterocycles. The van der Waals surface area contributed by atoms with Gasteiger partial charge < -0.3 is 20.9 Å². The van der Waals surface area contributed by atoms with Gasteiger partial charge in [0.2, 0.25) is 0 Å². The summed E-state index contributed by atoms with van der Waals surface area (Å²) in [5, 5.41) is 21.5. The Labute approximate surface area is 166 Å². The first-order valence-electron chi connectivity index (χ1n) is 8.33. The van der Waals surface area contributed by atoms with Gasteiger partial charge >= 0.3 is 0 Å². The van der Waals surface area contributed by atoms with E-state index in [0.29, 0.717) is 12.1 Å². The van der Waals surface area contributed by atoms with Gasteiger partial charge in [-0.3, -0.25) is 4.98 Å². The van der Waals surface area contributed by atoms with E-state index in [4.69, 9.17) is 15.6 Å². The number of nitrogens with zero attached hydrogens (tertiary/aromatic N) is 2. The van der Waals surface area contributed by atoms with Gasteiger partial charge in [0.05, 0.1) is 23.9 Å². The third kappa shape index (κ3) is 5.66. The quantitative estimate of drug-likeness (QED) is 0.568. The number of pyridine rings is 1. The van der Waals surface area contributed by atoms with Crippen molar-refractivity contribution in [1.82, 2.24) is 4.98 Å². The molecule has 0 aliphatic carbocycles. The average molecular weight is 429 g/mol. The van der Waals surface area contributed by atoms with Crippen molar-refractivity contribution < 1.29 is 9.84 Å². The highest BCUT2D eigenvalue weighted by molar-refractivity contribution is 9.10. The Kier molecular flexibility index (Phi) is 8.01. The van der Waals surface area contributed by atoms with Crippen molar-refractivity contribution in [3.63, 3.8) is 0 Å². The number of nitrogens with one attached hydrogen (secondary N) is 1. The zero-order valence-corrected chi connectivity index (χ0v) is 16.5. The maximum Gasteiger partial charge on any atom is 0.119 e. The summed E-state index contributed by atoms with van der Waals surface area (Å²) in [4.78, 5) is 4.32. The first-order chi connectivity index (χ1) is 13.1. The minimum atomic E-state index is 0.219. The Morgan fingerprint density at radius 1 is 1.30 bits per heavy atom. The van der Waals surface area contributed by atoms with Gasteiger partial charge in [0.25, 0.3) is 0 Å². The van der Waals surface area contributed by atoms with Gasteiger partial charge in [0.1, 0.15) is 11.8 Å². The van der Waals surface area contributed by atoms with Gasteiger partial charge in [-0.25, -0.2) is 0 Å². The van der Waals surface area contributed by atoms with Crippen LogP contribution in [0.25, 0.3) is 10.9 Å². The minimum absolute atomic E-state index is 0.219. The normalized spacial score (nSPS) is 9.89. The molecule has 0 aliphatic heterocycles. The summed E-state index contributed by atoms with van der Waals surface area (Å²) in [6, 6.07) is 15.6. The van der Waals surface area contributed by atoms with Crippen LogP contribution >= 0.6 is 15.9 Å². The van der Waals surface area contributed by atoms with Crippen molar-refractivity contribution in [2.24, 2.45) is 5.73 Å². The number of hydrogen-bond acceptors (Lipinski definition) is 6. The molecule has 0 bridgehead atoms. The number of fused-ring (bicyclic) bond motifs is 1. The molecule has 0 fully saturated rings. The zero-order valence-electron chi connectivity index (χ0n) is 14.9. The van der Waals surface area contributed by atoms with Crippen LogP contribution in [0.3, 0.4) is 0 Å². The number of aromatic nitrogens is 1. The lowest BCUT2D eigenvalue weighted by atomic mass is 10.1. The van der Waals surface area contributed by atoms with Crippen LogP contribution in [0.5, 0.6) is 5.75 Å². The number of aliphatic hydroxyl groups is 1. The topological polar surface area (TPSA) is 104 Å². The molecule has 3 aromatic rings. The molecule has 0 saturated heterocycles. The van der Waals surface area contributed by atoms with Crippen LogP contribution < -0.4 is 15.8 Å². The molecule has 4 N–H and O–H groups in total. The van der Waals surface area contributed by atoms with E-state index in [-0.39, 0.29) is 6.61 Å². The number of hydrogen-bond donors (Lipinski definition) is 3. The van der Waals surface area contributed by atoms with Crippen molar-refractivity contribution in [3.8, 4) is 11.8 Å². The summed E-state index contributed by atoms with van der Waals surface area (Å²) in [5.41, 5.74) is 7.89. The SMILES string of the molecule is COc1ccc2ncc(C#N)c(Nc3cccc(Br)c3)c2c1.NCCCO. The number of aliphatic hydroxyl groups excluding tert-OH is 1. The van der Waals surface area contributed by atoms with Crippen LogP contribution in [-0.4, -0.2) is 30.4 Å². The van der Waals surface area contributed by atoms with E-state index in [1.807, 2.05) is 42.5 Å². The fourth-order valence-electron chi connectivity index (χ4n) is 2.32. The summed E-state index contributed by atoms with van der Waals surface area (Å²) in [6.07, 6.45) is 2.30. The van der Waals surface area contributed by atoms with E-state index in [2.05, 4.69) is 32.3 Å². The highest BCUT2D eigenvalue weighted by Gasteiger charge is 2.10. The minimum Gasteiger partial charge on any atom is -0.497 e. The number of anilines is 2. The number of rotatable bonds is 5. The molecule has 0 amide bonds. The van der Waals surface area contributed by atoms with Crippen LogP contribution in [0.1, 0.15) is 12.0 Å². The molecule has 7 heteroatoms. The van der Waals surface area contributed by atoms with Gasteiger partial charge in [0.15, 0.2) is 0 Å². The molecule has 0 saturated carbocycles. The van der Waals surface area contributed by atoms with Crippen LogP contribution in [0.15, 0.2) is 53.1 Å². The zero-order chi connectivity index (χ0) is 19.6. The van der Waals surface area contributed by atoms with Crippen molar-refractivity contribution in [1.29, 1.82) is 5.26 Å². The van der Waals surface area contributed by atoms with Crippen LogP contribution in [0, 0.1) is 11.3 Å². The molecule has 0 atom stereocenters. The molecular formula is C20H21BrN4O2. The average Bonchev–Trinajstić information content (AvgIpc) is 2.69. The van der Waals surface area contributed by atoms with Crippen molar-refractivity contribution in [3.05, 3.63) is 58.7 Å². The standard InChI is InChI=1S/C17H12BrN3O.C3H9NO/c1-22-14-5-6-16-15(8-14)17(11(9-19)10-20-16)21-13-4-2-3-12(18)7-13;4-2-1-3-5/h2-8,10H,1H3,(H,20,21);5H,1-4H2. The molecule has 0 unspecified atom stereocenters. The van der Waals surface area contributed by atoms with E-state index in [1.165, 1.54) is 0 Å². The first kappa shape index (κ1) is 20.6. The van der Waals surface area contributed by atoms with E-state index in [9.17, 15) is 5.26 Å². The number of halogens is 1. The van der Waals surface area contributed by atoms with Gasteiger partial charge in [-0.2, -0.15) is 5.26 Å². The summed E-state index contributed by atoms with van der Waals surface area (Å²) >= 11 is 3.45. The third-order valence-electron chi connectivity index (χ3n) is 3.65. The fraction of sp³-hybridized carbons (Fsp3) is 0.200. The van der Waals surface area contributed by atoms with E-state index in [0.717, 1.165) is 38.9 Å². The van der Waals surface area contributed by atoms with Crippen molar-refractivity contribution >= 4 is 38.2 Å². The second-order valence-corrected chi connectivity index (χ2v) is 6.46. The third-order valence-corrected chi connectivity index (χ3v) is 4.15. The Morgan fingerprint density at radius 2 is 2.11 bits per heavy atom. The highest BCUT2D eigenvalue weighted by atomic mass is 79.9. The molecule has 3 rings (SSSR count). The molecule has 2 aromatic carbocycles. The van der Waals surface area contributed by atoms with E-state index < -0.39 is 0 Å². The van der Waals surface area contributed by atoms with Crippen LogP contribution in [0.4, 0.5) is 11.4 Å². The van der Waals surface area contributed by atoms with E-state index in [1.54, 1.807) is 13.3 Å². The Balaban J connectivity index is 0.000000465. The molecule has 0 spiro atoms. The Hall–Kier alpha value is -2.66. The monoisotopic (exact) mass is 428 g/mol. The molecular weight excluding hydrogens is 408 g/mol. The number of ether oxygens (including phenoxy) is 1. The lowest BCUT2D eigenvalue weighted by Crippen LogP contribution is -1.99. The molecule has 140 valence electrons. The first-order valence-corrected chi connectivity index (χ1v) is 9.12. The largest absolute Gasteiger partial charge is 0.497 e. The fourth-order valence-corrected chi connectivity index (χ4v) is 2.72. The number of methoxy groups -OCH3 is 1. The lowest BCUT2D eigenvalue weighted by Gasteiger charge is -2.12. The summed E-state index contributed by atoms with van der Waals surface area (Å²) in [6.45, 7) is 0.812. The van der Waals surface area contributed by atoms with Gasteiger partial charge in [-0.1, -0.05) is 22.0 Å².